The number of carbonyl (C=O) groups is 1. The van der Waals surface area contributed by atoms with Crippen molar-refractivity contribution in [3.8, 4) is 0 Å². The van der Waals surface area contributed by atoms with Gasteiger partial charge in [0.05, 0.1) is 0 Å². The van der Waals surface area contributed by atoms with E-state index in [1.54, 1.807) is 11.1 Å². The number of hydrogen-bond acceptors (Lipinski definition) is 3. The highest BCUT2D eigenvalue weighted by Gasteiger charge is 2.22. The number of nitrogens with one attached hydrogen (secondary N) is 1. The Bertz CT molecular complexity index is 397. The standard InChI is InChI=1S/C14H21N3O2/c18-11-13-4-2-8-17(10-13)14(19)16-7-5-12-3-1-6-15-9-12/h1,3,6,9,13,18H,2,4-5,7-8,10-11H2,(H,16,19). The van der Waals surface area contributed by atoms with Gasteiger partial charge >= 0.3 is 6.03 Å². The molecule has 1 fully saturated rings. The third-order valence-corrected chi connectivity index (χ3v) is 3.48. The molecule has 0 aromatic carbocycles. The predicted molar refractivity (Wildman–Crippen MR) is 72.7 cm³/mol. The maximum Gasteiger partial charge on any atom is 0.317 e. The van der Waals surface area contributed by atoms with Crippen LogP contribution in [0.1, 0.15) is 18.4 Å². The number of nitrogens with zero attached hydrogens (tertiary/aromatic N) is 2. The highest BCUT2D eigenvalue weighted by atomic mass is 16.3. The van der Waals surface area contributed by atoms with Crippen LogP contribution in [0.4, 0.5) is 4.79 Å². The second-order valence-corrected chi connectivity index (χ2v) is 4.98. The van der Waals surface area contributed by atoms with E-state index in [2.05, 4.69) is 10.3 Å². The van der Waals surface area contributed by atoms with E-state index in [4.69, 9.17) is 5.11 Å². The zero-order valence-corrected chi connectivity index (χ0v) is 11.1. The van der Waals surface area contributed by atoms with Crippen molar-refractivity contribution in [2.24, 2.45) is 5.92 Å². The third-order valence-electron chi connectivity index (χ3n) is 3.48. The molecule has 0 spiro atoms. The largest absolute Gasteiger partial charge is 0.396 e. The molecule has 5 nitrogen and oxygen atoms in total. The predicted octanol–water partition coefficient (Wildman–Crippen LogP) is 1.04. The zero-order valence-electron chi connectivity index (χ0n) is 11.1. The second-order valence-electron chi connectivity index (χ2n) is 4.98. The van der Waals surface area contributed by atoms with Crippen molar-refractivity contribution in [1.29, 1.82) is 0 Å². The van der Waals surface area contributed by atoms with Crippen LogP contribution in [0.15, 0.2) is 24.5 Å². The summed E-state index contributed by atoms with van der Waals surface area (Å²) in [7, 11) is 0. The quantitative estimate of drug-likeness (QED) is 0.853. The normalized spacial score (nSPS) is 19.2. The lowest BCUT2D eigenvalue weighted by Crippen LogP contribution is -2.46. The van der Waals surface area contributed by atoms with Gasteiger partial charge < -0.3 is 15.3 Å². The van der Waals surface area contributed by atoms with Gasteiger partial charge in [-0.05, 0) is 36.8 Å². The first-order chi connectivity index (χ1) is 9.29. The number of aromatic nitrogens is 1. The van der Waals surface area contributed by atoms with Crippen LogP contribution in [0, 0.1) is 5.92 Å². The minimum Gasteiger partial charge on any atom is -0.396 e. The molecule has 1 aromatic rings. The molecule has 1 aliphatic rings. The lowest BCUT2D eigenvalue weighted by molar-refractivity contribution is 0.129. The molecule has 104 valence electrons. The van der Waals surface area contributed by atoms with E-state index >= 15 is 0 Å². The topological polar surface area (TPSA) is 65.5 Å². The van der Waals surface area contributed by atoms with Crippen LogP contribution in [0.25, 0.3) is 0 Å². The molecule has 0 saturated carbocycles. The first-order valence-corrected chi connectivity index (χ1v) is 6.82. The number of aliphatic hydroxyl groups excluding tert-OH is 1. The number of carbonyl (C=O) groups excluding carboxylic acids is 1. The Morgan fingerprint density at radius 1 is 1.58 bits per heavy atom. The third kappa shape index (κ3) is 4.21. The van der Waals surface area contributed by atoms with Gasteiger partial charge in [-0.15, -0.1) is 0 Å². The van der Waals surface area contributed by atoms with Crippen LogP contribution in [-0.2, 0) is 6.42 Å². The fourth-order valence-electron chi connectivity index (χ4n) is 2.37. The van der Waals surface area contributed by atoms with Crippen LogP contribution in [-0.4, -0.2) is 47.3 Å². The zero-order chi connectivity index (χ0) is 13.5. The Kier molecular flexibility index (Phi) is 5.15. The lowest BCUT2D eigenvalue weighted by atomic mass is 9.99. The second kappa shape index (κ2) is 7.09. The number of amides is 2. The van der Waals surface area contributed by atoms with Crippen molar-refractivity contribution >= 4 is 6.03 Å². The van der Waals surface area contributed by atoms with Crippen molar-refractivity contribution in [1.82, 2.24) is 15.2 Å². The van der Waals surface area contributed by atoms with E-state index in [0.29, 0.717) is 13.1 Å². The van der Waals surface area contributed by atoms with Gasteiger partial charge in [0.15, 0.2) is 0 Å². The minimum absolute atomic E-state index is 0.0259. The van der Waals surface area contributed by atoms with Gasteiger partial charge in [-0.1, -0.05) is 6.07 Å². The first kappa shape index (κ1) is 13.8. The van der Waals surface area contributed by atoms with E-state index in [1.165, 1.54) is 0 Å². The number of likely N-dealkylation sites (tertiary alicyclic amines) is 1. The molecule has 1 atom stereocenters. The van der Waals surface area contributed by atoms with Crippen molar-refractivity contribution in [3.05, 3.63) is 30.1 Å². The van der Waals surface area contributed by atoms with Gasteiger partial charge in [0.25, 0.3) is 0 Å². The summed E-state index contributed by atoms with van der Waals surface area (Å²) in [5, 5.41) is 12.1. The van der Waals surface area contributed by atoms with Crippen molar-refractivity contribution in [2.45, 2.75) is 19.3 Å². The smallest absolute Gasteiger partial charge is 0.317 e. The molecule has 1 aliphatic heterocycles. The first-order valence-electron chi connectivity index (χ1n) is 6.82. The summed E-state index contributed by atoms with van der Waals surface area (Å²) in [5.74, 6) is 0.234. The van der Waals surface area contributed by atoms with Crippen LogP contribution >= 0.6 is 0 Å². The average molecular weight is 263 g/mol. The Labute approximate surface area is 113 Å². The molecule has 0 aliphatic carbocycles. The SMILES string of the molecule is O=C(NCCc1cccnc1)N1CCCC(CO)C1. The Balaban J connectivity index is 1.72. The number of aliphatic hydroxyl groups is 1. The Morgan fingerprint density at radius 2 is 2.47 bits per heavy atom. The van der Waals surface area contributed by atoms with Crippen LogP contribution in [0.2, 0.25) is 0 Å². The molecular formula is C14H21N3O2. The maximum atomic E-state index is 12.0. The molecule has 19 heavy (non-hydrogen) atoms. The molecule has 5 heteroatoms. The number of hydrogen-bond donors (Lipinski definition) is 2. The van der Waals surface area contributed by atoms with Crippen molar-refractivity contribution in [3.63, 3.8) is 0 Å². The van der Waals surface area contributed by atoms with E-state index < -0.39 is 0 Å². The molecule has 0 bridgehead atoms. The molecule has 2 rings (SSSR count). The summed E-state index contributed by atoms with van der Waals surface area (Å²) >= 11 is 0. The summed E-state index contributed by atoms with van der Waals surface area (Å²) < 4.78 is 0. The average Bonchev–Trinajstić information content (AvgIpc) is 2.48. The van der Waals surface area contributed by atoms with Crippen LogP contribution in [0.5, 0.6) is 0 Å². The molecular weight excluding hydrogens is 242 g/mol. The Hall–Kier alpha value is -1.62. The molecule has 2 heterocycles. The molecule has 2 amide bonds. The highest BCUT2D eigenvalue weighted by molar-refractivity contribution is 5.74. The molecule has 1 saturated heterocycles. The Morgan fingerprint density at radius 3 is 3.21 bits per heavy atom. The van der Waals surface area contributed by atoms with Crippen LogP contribution in [0.3, 0.4) is 0 Å². The highest BCUT2D eigenvalue weighted by Crippen LogP contribution is 2.15. The summed E-state index contributed by atoms with van der Waals surface area (Å²) in [6.07, 6.45) is 6.33. The van der Waals surface area contributed by atoms with E-state index in [9.17, 15) is 4.79 Å². The van der Waals surface area contributed by atoms with Gasteiger partial charge in [-0.2, -0.15) is 0 Å². The van der Waals surface area contributed by atoms with Crippen molar-refractivity contribution < 1.29 is 9.90 Å². The molecule has 1 aromatic heterocycles. The van der Waals surface area contributed by atoms with Gasteiger partial charge in [0.2, 0.25) is 0 Å². The number of pyridine rings is 1. The monoisotopic (exact) mass is 263 g/mol. The maximum absolute atomic E-state index is 12.0. The van der Waals surface area contributed by atoms with Gasteiger partial charge in [0, 0.05) is 38.6 Å². The number of rotatable bonds is 4. The summed E-state index contributed by atoms with van der Waals surface area (Å²) in [5.41, 5.74) is 1.12. The fraction of sp³-hybridized carbons (Fsp3) is 0.571. The molecule has 0 radical (unpaired) electrons. The fourth-order valence-corrected chi connectivity index (χ4v) is 2.37. The van der Waals surface area contributed by atoms with E-state index in [1.807, 2.05) is 18.3 Å². The van der Waals surface area contributed by atoms with Crippen LogP contribution < -0.4 is 5.32 Å². The summed E-state index contributed by atoms with van der Waals surface area (Å²) in [6.45, 7) is 2.23. The number of piperidine rings is 1. The lowest BCUT2D eigenvalue weighted by Gasteiger charge is -2.31. The summed E-state index contributed by atoms with van der Waals surface area (Å²) in [6, 6.07) is 3.87. The summed E-state index contributed by atoms with van der Waals surface area (Å²) in [4.78, 5) is 17.8. The number of urea groups is 1. The van der Waals surface area contributed by atoms with E-state index in [0.717, 1.165) is 31.4 Å². The van der Waals surface area contributed by atoms with Gasteiger partial charge in [-0.3, -0.25) is 4.98 Å². The van der Waals surface area contributed by atoms with Crippen molar-refractivity contribution in [2.75, 3.05) is 26.2 Å². The van der Waals surface area contributed by atoms with Gasteiger partial charge in [0.1, 0.15) is 0 Å². The molecule has 1 unspecified atom stereocenters. The van der Waals surface area contributed by atoms with Gasteiger partial charge in [-0.25, -0.2) is 4.79 Å². The molecule has 2 N–H and O–H groups in total. The van der Waals surface area contributed by atoms with E-state index in [-0.39, 0.29) is 18.6 Å². The minimum atomic E-state index is -0.0259.